The minimum atomic E-state index is -4.49. The van der Waals surface area contributed by atoms with Crippen LogP contribution in [-0.4, -0.2) is 9.19 Å². The lowest BCUT2D eigenvalue weighted by Gasteiger charge is -2.13. The molecule has 1 heterocycles. The smallest absolute Gasteiger partial charge is 0.382 e. The summed E-state index contributed by atoms with van der Waals surface area (Å²) in [5, 5.41) is 0. The van der Waals surface area contributed by atoms with Crippen LogP contribution in [0.2, 0.25) is 0 Å². The molecule has 0 aliphatic carbocycles. The van der Waals surface area contributed by atoms with E-state index in [1.54, 1.807) is 13.0 Å². The molecule has 0 spiro atoms. The molecular formula is C14H14F3N3OS. The van der Waals surface area contributed by atoms with E-state index >= 15 is 0 Å². The van der Waals surface area contributed by atoms with E-state index in [1.165, 1.54) is 25.3 Å². The molecule has 0 saturated carbocycles. The first kappa shape index (κ1) is 16.3. The lowest BCUT2D eigenvalue weighted by molar-refractivity contribution is -0.138. The van der Waals surface area contributed by atoms with Crippen LogP contribution in [0.1, 0.15) is 16.7 Å². The third kappa shape index (κ3) is 3.56. The molecule has 3 N–H and O–H groups in total. The van der Waals surface area contributed by atoms with Gasteiger partial charge in [0.1, 0.15) is 16.8 Å². The topological polar surface area (TPSA) is 68.0 Å². The number of anilines is 2. The summed E-state index contributed by atoms with van der Waals surface area (Å²) >= 11 is 0. The van der Waals surface area contributed by atoms with Crippen LogP contribution in [0.25, 0.3) is 0 Å². The van der Waals surface area contributed by atoms with E-state index in [4.69, 9.17) is 5.73 Å². The highest BCUT2D eigenvalue weighted by atomic mass is 32.2. The molecule has 2 rings (SSSR count). The van der Waals surface area contributed by atoms with Gasteiger partial charge in [0.2, 0.25) is 0 Å². The predicted octanol–water partition coefficient (Wildman–Crippen LogP) is 3.43. The van der Waals surface area contributed by atoms with Gasteiger partial charge in [-0.25, -0.2) is 9.19 Å². The molecule has 0 fully saturated rings. The summed E-state index contributed by atoms with van der Waals surface area (Å²) in [6.45, 7) is 3.12. The molecule has 0 bridgehead atoms. The summed E-state index contributed by atoms with van der Waals surface area (Å²) in [6.07, 6.45) is -2.95. The number of nitrogens with two attached hydrogens (primary N) is 1. The van der Waals surface area contributed by atoms with Gasteiger partial charge in [-0.3, -0.25) is 4.72 Å². The van der Waals surface area contributed by atoms with Crippen molar-refractivity contribution in [3.8, 4) is 0 Å². The maximum Gasteiger partial charge on any atom is 0.416 e. The Kier molecular flexibility index (Phi) is 4.41. The largest absolute Gasteiger partial charge is 0.416 e. The Morgan fingerprint density at radius 1 is 1.23 bits per heavy atom. The zero-order valence-electron chi connectivity index (χ0n) is 11.9. The monoisotopic (exact) mass is 329 g/mol. The van der Waals surface area contributed by atoms with Crippen molar-refractivity contribution in [2.75, 3.05) is 10.5 Å². The standard InChI is InChI=1S/C14H14F3N3OS/c1-8-5-12(13(18)19-7-8)20-22(21)10-4-3-9(2)11(6-10)14(15,16)17/h3-7,20H,1-2H3,(H2,18,19). The third-order valence-corrected chi connectivity index (χ3v) is 4.07. The normalized spacial score (nSPS) is 13.0. The van der Waals surface area contributed by atoms with Crippen LogP contribution in [0.5, 0.6) is 0 Å². The van der Waals surface area contributed by atoms with Crippen molar-refractivity contribution in [3.05, 3.63) is 47.2 Å². The highest BCUT2D eigenvalue weighted by molar-refractivity contribution is 7.86. The van der Waals surface area contributed by atoms with Gasteiger partial charge in [0.25, 0.3) is 0 Å². The molecule has 1 aromatic carbocycles. The molecule has 0 saturated heterocycles. The van der Waals surface area contributed by atoms with Crippen LogP contribution < -0.4 is 10.5 Å². The van der Waals surface area contributed by atoms with Gasteiger partial charge in [0, 0.05) is 6.20 Å². The maximum atomic E-state index is 12.9. The molecule has 8 heteroatoms. The first-order valence-corrected chi connectivity index (χ1v) is 7.42. The SMILES string of the molecule is Cc1cnc(N)c(NS(=O)c2ccc(C)c(C(F)(F)F)c2)c1. The first-order valence-electron chi connectivity index (χ1n) is 6.27. The van der Waals surface area contributed by atoms with Crippen molar-refractivity contribution in [3.63, 3.8) is 0 Å². The van der Waals surface area contributed by atoms with Crippen LogP contribution in [0.3, 0.4) is 0 Å². The number of hydrogen-bond acceptors (Lipinski definition) is 3. The molecule has 0 amide bonds. The van der Waals surface area contributed by atoms with Crippen molar-refractivity contribution >= 4 is 22.5 Å². The molecule has 22 heavy (non-hydrogen) atoms. The molecule has 2 aromatic rings. The minimum Gasteiger partial charge on any atom is -0.382 e. The molecule has 1 atom stereocenters. The Morgan fingerprint density at radius 3 is 2.55 bits per heavy atom. The number of halogens is 3. The van der Waals surface area contributed by atoms with Gasteiger partial charge in [-0.1, -0.05) is 6.07 Å². The number of benzene rings is 1. The number of nitrogen functional groups attached to an aromatic ring is 1. The van der Waals surface area contributed by atoms with Crippen molar-refractivity contribution in [2.45, 2.75) is 24.9 Å². The van der Waals surface area contributed by atoms with Crippen LogP contribution in [0.15, 0.2) is 35.4 Å². The molecule has 4 nitrogen and oxygen atoms in total. The number of nitrogens with zero attached hydrogens (tertiary/aromatic N) is 1. The van der Waals surface area contributed by atoms with Gasteiger partial charge in [-0.2, -0.15) is 13.2 Å². The molecule has 0 aliphatic heterocycles. The van der Waals surface area contributed by atoms with Gasteiger partial charge in [-0.05, 0) is 43.2 Å². The van der Waals surface area contributed by atoms with Gasteiger partial charge >= 0.3 is 6.18 Å². The minimum absolute atomic E-state index is 0.0128. The van der Waals surface area contributed by atoms with Crippen molar-refractivity contribution in [2.24, 2.45) is 0 Å². The summed E-state index contributed by atoms with van der Waals surface area (Å²) < 4.78 is 53.5. The van der Waals surface area contributed by atoms with Crippen LogP contribution >= 0.6 is 0 Å². The average molecular weight is 329 g/mol. The van der Waals surface area contributed by atoms with E-state index in [0.717, 1.165) is 11.6 Å². The fraction of sp³-hybridized carbons (Fsp3) is 0.214. The van der Waals surface area contributed by atoms with E-state index < -0.39 is 22.7 Å². The van der Waals surface area contributed by atoms with Gasteiger partial charge in [0.05, 0.1) is 16.1 Å². The van der Waals surface area contributed by atoms with Crippen LogP contribution in [0.4, 0.5) is 24.7 Å². The number of rotatable bonds is 3. The molecule has 0 radical (unpaired) electrons. The lowest BCUT2D eigenvalue weighted by atomic mass is 10.1. The van der Waals surface area contributed by atoms with Gasteiger partial charge in [-0.15, -0.1) is 0 Å². The fourth-order valence-electron chi connectivity index (χ4n) is 1.84. The summed E-state index contributed by atoms with van der Waals surface area (Å²) in [4.78, 5) is 3.91. The molecule has 0 aliphatic rings. The van der Waals surface area contributed by atoms with Gasteiger partial charge in [0.15, 0.2) is 0 Å². The van der Waals surface area contributed by atoms with Crippen molar-refractivity contribution in [1.29, 1.82) is 0 Å². The van der Waals surface area contributed by atoms with E-state index in [0.29, 0.717) is 5.69 Å². The second kappa shape index (κ2) is 5.96. The second-order valence-corrected chi connectivity index (χ2v) is 6.00. The highest BCUT2D eigenvalue weighted by Gasteiger charge is 2.32. The summed E-state index contributed by atoms with van der Waals surface area (Å²) in [5.74, 6) is 0.127. The Bertz CT molecular complexity index is 732. The van der Waals surface area contributed by atoms with Crippen LogP contribution in [-0.2, 0) is 17.2 Å². The quantitative estimate of drug-likeness (QED) is 0.906. The highest BCUT2D eigenvalue weighted by Crippen LogP contribution is 2.33. The van der Waals surface area contributed by atoms with Crippen molar-refractivity contribution < 1.29 is 17.4 Å². The van der Waals surface area contributed by atoms with E-state index in [1.807, 2.05) is 0 Å². The average Bonchev–Trinajstić information content (AvgIpc) is 2.42. The number of alkyl halides is 3. The molecular weight excluding hydrogens is 315 g/mol. The number of nitrogens with one attached hydrogen (secondary N) is 1. The number of hydrogen-bond donors (Lipinski definition) is 2. The van der Waals surface area contributed by atoms with E-state index in [2.05, 4.69) is 9.71 Å². The Labute approximate surface area is 128 Å². The Hall–Kier alpha value is -2.09. The lowest BCUT2D eigenvalue weighted by Crippen LogP contribution is -2.12. The summed E-state index contributed by atoms with van der Waals surface area (Å²) in [6, 6.07) is 5.17. The molecule has 118 valence electrons. The van der Waals surface area contributed by atoms with Gasteiger partial charge < -0.3 is 5.73 Å². The summed E-state index contributed by atoms with van der Waals surface area (Å²) in [7, 11) is -1.88. The number of aromatic nitrogens is 1. The maximum absolute atomic E-state index is 12.9. The predicted molar refractivity (Wildman–Crippen MR) is 79.6 cm³/mol. The van der Waals surface area contributed by atoms with Crippen molar-refractivity contribution in [1.82, 2.24) is 4.98 Å². The zero-order chi connectivity index (χ0) is 16.5. The Morgan fingerprint density at radius 2 is 1.91 bits per heavy atom. The van der Waals surface area contributed by atoms with E-state index in [9.17, 15) is 17.4 Å². The van der Waals surface area contributed by atoms with E-state index in [-0.39, 0.29) is 16.3 Å². The first-order chi connectivity index (χ1) is 10.2. The van der Waals surface area contributed by atoms with Crippen LogP contribution in [0, 0.1) is 13.8 Å². The Balaban J connectivity index is 2.32. The second-order valence-electron chi connectivity index (χ2n) is 4.79. The molecule has 1 aromatic heterocycles. The third-order valence-electron chi connectivity index (χ3n) is 2.99. The molecule has 1 unspecified atom stereocenters. The summed E-state index contributed by atoms with van der Waals surface area (Å²) in [5.41, 5.74) is 6.01. The number of aryl methyl sites for hydroxylation is 2. The number of pyridine rings is 1. The fourth-order valence-corrected chi connectivity index (χ4v) is 2.74. The zero-order valence-corrected chi connectivity index (χ0v) is 12.7.